The summed E-state index contributed by atoms with van der Waals surface area (Å²) in [5.74, 6) is 0.926. The van der Waals surface area contributed by atoms with Gasteiger partial charge in [0.05, 0.1) is 23.1 Å². The van der Waals surface area contributed by atoms with E-state index >= 15 is 0 Å². The van der Waals surface area contributed by atoms with Crippen molar-refractivity contribution in [2.75, 3.05) is 13.1 Å². The predicted octanol–water partition coefficient (Wildman–Crippen LogP) is 0.842. The van der Waals surface area contributed by atoms with Crippen molar-refractivity contribution in [3.63, 3.8) is 0 Å². The number of aromatic amines is 1. The van der Waals surface area contributed by atoms with E-state index < -0.39 is 0 Å². The molecule has 0 radical (unpaired) electrons. The SMILES string of the molecule is Cn1c(CCNC(=O)[C@@H]2NCCc3[nH]cnc32)nc2ccccc21. The Morgan fingerprint density at radius 3 is 3.17 bits per heavy atom. The fourth-order valence-corrected chi connectivity index (χ4v) is 3.25. The van der Waals surface area contributed by atoms with Crippen LogP contribution < -0.4 is 10.6 Å². The van der Waals surface area contributed by atoms with Gasteiger partial charge >= 0.3 is 0 Å². The maximum atomic E-state index is 12.5. The van der Waals surface area contributed by atoms with Gasteiger partial charge in [0.2, 0.25) is 5.91 Å². The Kier molecular flexibility index (Phi) is 3.78. The van der Waals surface area contributed by atoms with Crippen molar-refractivity contribution in [1.29, 1.82) is 0 Å². The van der Waals surface area contributed by atoms with E-state index in [9.17, 15) is 4.79 Å². The number of H-pyrrole nitrogens is 1. The van der Waals surface area contributed by atoms with E-state index in [2.05, 4.69) is 36.2 Å². The van der Waals surface area contributed by atoms with Gasteiger partial charge in [0, 0.05) is 38.7 Å². The monoisotopic (exact) mass is 324 g/mol. The van der Waals surface area contributed by atoms with E-state index in [1.807, 2.05) is 25.2 Å². The van der Waals surface area contributed by atoms with Gasteiger partial charge in [0.15, 0.2) is 0 Å². The number of imidazole rings is 2. The molecule has 1 atom stereocenters. The van der Waals surface area contributed by atoms with E-state index in [1.54, 1.807) is 6.33 Å². The Morgan fingerprint density at radius 1 is 1.42 bits per heavy atom. The number of nitrogens with one attached hydrogen (secondary N) is 3. The Hall–Kier alpha value is -2.67. The van der Waals surface area contributed by atoms with Crippen molar-refractivity contribution in [3.8, 4) is 0 Å². The molecular formula is C17H20N6O. The largest absolute Gasteiger partial charge is 0.354 e. The second-order valence-electron chi connectivity index (χ2n) is 6.02. The van der Waals surface area contributed by atoms with E-state index in [4.69, 9.17) is 0 Å². The molecule has 1 aliphatic rings. The molecule has 3 N–H and O–H groups in total. The number of hydrogen-bond acceptors (Lipinski definition) is 4. The van der Waals surface area contributed by atoms with Gasteiger partial charge in [-0.25, -0.2) is 9.97 Å². The topological polar surface area (TPSA) is 87.6 Å². The van der Waals surface area contributed by atoms with Crippen LogP contribution in [-0.2, 0) is 24.7 Å². The number of aromatic nitrogens is 4. The Bertz CT molecular complexity index is 880. The second-order valence-corrected chi connectivity index (χ2v) is 6.02. The van der Waals surface area contributed by atoms with Crippen molar-refractivity contribution >= 4 is 16.9 Å². The van der Waals surface area contributed by atoms with Gasteiger partial charge < -0.3 is 20.2 Å². The van der Waals surface area contributed by atoms with Crippen LogP contribution in [0, 0.1) is 0 Å². The van der Waals surface area contributed by atoms with Crippen LogP contribution in [0.5, 0.6) is 0 Å². The van der Waals surface area contributed by atoms with Crippen LogP contribution in [0.1, 0.15) is 23.3 Å². The molecule has 7 nitrogen and oxygen atoms in total. The third kappa shape index (κ3) is 2.56. The summed E-state index contributed by atoms with van der Waals surface area (Å²) in [4.78, 5) is 24.5. The number of benzene rings is 1. The summed E-state index contributed by atoms with van der Waals surface area (Å²) in [5, 5.41) is 6.22. The Balaban J connectivity index is 1.41. The summed E-state index contributed by atoms with van der Waals surface area (Å²) in [6.07, 6.45) is 3.22. The number of para-hydroxylation sites is 2. The van der Waals surface area contributed by atoms with Crippen LogP contribution >= 0.6 is 0 Å². The molecule has 0 fully saturated rings. The molecule has 0 saturated carbocycles. The number of amides is 1. The molecule has 124 valence electrons. The molecule has 0 unspecified atom stereocenters. The molecule has 7 heteroatoms. The smallest absolute Gasteiger partial charge is 0.243 e. The van der Waals surface area contributed by atoms with Gasteiger partial charge in [-0.2, -0.15) is 0 Å². The van der Waals surface area contributed by atoms with Gasteiger partial charge in [-0.1, -0.05) is 12.1 Å². The fraction of sp³-hybridized carbons (Fsp3) is 0.353. The summed E-state index contributed by atoms with van der Waals surface area (Å²) >= 11 is 0. The molecular weight excluding hydrogens is 304 g/mol. The highest BCUT2D eigenvalue weighted by molar-refractivity contribution is 5.83. The lowest BCUT2D eigenvalue weighted by Gasteiger charge is -2.22. The zero-order valence-electron chi connectivity index (χ0n) is 13.5. The summed E-state index contributed by atoms with van der Waals surface area (Å²) in [6.45, 7) is 1.33. The Morgan fingerprint density at radius 2 is 2.29 bits per heavy atom. The van der Waals surface area contributed by atoms with Crippen molar-refractivity contribution in [3.05, 3.63) is 47.8 Å². The number of rotatable bonds is 4. The van der Waals surface area contributed by atoms with Crippen LogP contribution in [0.25, 0.3) is 11.0 Å². The van der Waals surface area contributed by atoms with Crippen molar-refractivity contribution in [2.24, 2.45) is 7.05 Å². The number of carbonyl (C=O) groups is 1. The number of nitrogens with zero attached hydrogens (tertiary/aromatic N) is 3. The quantitative estimate of drug-likeness (QED) is 0.664. The average Bonchev–Trinajstić information content (AvgIpc) is 3.20. The highest BCUT2D eigenvalue weighted by Gasteiger charge is 2.28. The van der Waals surface area contributed by atoms with Crippen LogP contribution in [0.2, 0.25) is 0 Å². The first-order chi connectivity index (χ1) is 11.7. The molecule has 0 saturated heterocycles. The minimum atomic E-state index is -0.375. The summed E-state index contributed by atoms with van der Waals surface area (Å²) in [6, 6.07) is 7.67. The first kappa shape index (κ1) is 14.9. The zero-order valence-corrected chi connectivity index (χ0v) is 13.5. The minimum Gasteiger partial charge on any atom is -0.354 e. The summed E-state index contributed by atoms with van der Waals surface area (Å²) < 4.78 is 2.08. The minimum absolute atomic E-state index is 0.0400. The maximum absolute atomic E-state index is 12.5. The molecule has 24 heavy (non-hydrogen) atoms. The fourth-order valence-electron chi connectivity index (χ4n) is 3.25. The first-order valence-corrected chi connectivity index (χ1v) is 8.17. The van der Waals surface area contributed by atoms with E-state index in [-0.39, 0.29) is 11.9 Å². The van der Waals surface area contributed by atoms with Gasteiger partial charge in [-0.15, -0.1) is 0 Å². The lowest BCUT2D eigenvalue weighted by molar-refractivity contribution is -0.123. The number of carbonyl (C=O) groups excluding carboxylic acids is 1. The third-order valence-electron chi connectivity index (χ3n) is 4.54. The predicted molar refractivity (Wildman–Crippen MR) is 90.5 cm³/mol. The molecule has 4 rings (SSSR count). The molecule has 0 spiro atoms. The summed E-state index contributed by atoms with van der Waals surface area (Å²) in [7, 11) is 2.01. The molecule has 2 aromatic heterocycles. The number of aryl methyl sites for hydroxylation is 1. The maximum Gasteiger partial charge on any atom is 0.243 e. The number of fused-ring (bicyclic) bond motifs is 2. The van der Waals surface area contributed by atoms with E-state index in [0.29, 0.717) is 13.0 Å². The Labute approximate surface area is 139 Å². The standard InChI is InChI=1S/C17H20N6O/c1-23-13-5-3-2-4-11(13)22-14(23)7-9-19-17(24)16-15-12(6-8-18-16)20-10-21-15/h2-5,10,16,18H,6-9H2,1H3,(H,19,24)(H,20,21)/t16-/m1/s1. The van der Waals surface area contributed by atoms with Crippen molar-refractivity contribution < 1.29 is 4.79 Å². The van der Waals surface area contributed by atoms with Gasteiger partial charge in [-0.05, 0) is 12.1 Å². The zero-order chi connectivity index (χ0) is 16.5. The molecule has 1 aromatic carbocycles. The van der Waals surface area contributed by atoms with Crippen molar-refractivity contribution in [2.45, 2.75) is 18.9 Å². The van der Waals surface area contributed by atoms with Gasteiger partial charge in [0.25, 0.3) is 0 Å². The normalized spacial score (nSPS) is 17.0. The highest BCUT2D eigenvalue weighted by Crippen LogP contribution is 2.19. The molecule has 1 amide bonds. The van der Waals surface area contributed by atoms with Crippen LogP contribution in [0.4, 0.5) is 0 Å². The van der Waals surface area contributed by atoms with Crippen LogP contribution in [0.15, 0.2) is 30.6 Å². The van der Waals surface area contributed by atoms with Gasteiger partial charge in [-0.3, -0.25) is 4.79 Å². The second kappa shape index (κ2) is 6.09. The lowest BCUT2D eigenvalue weighted by Crippen LogP contribution is -2.42. The van der Waals surface area contributed by atoms with Crippen LogP contribution in [-0.4, -0.2) is 38.5 Å². The molecule has 0 aliphatic carbocycles. The van der Waals surface area contributed by atoms with Crippen LogP contribution in [0.3, 0.4) is 0 Å². The summed E-state index contributed by atoms with van der Waals surface area (Å²) in [5.41, 5.74) is 3.94. The van der Waals surface area contributed by atoms with Gasteiger partial charge in [0.1, 0.15) is 11.9 Å². The van der Waals surface area contributed by atoms with Crippen molar-refractivity contribution in [1.82, 2.24) is 30.2 Å². The van der Waals surface area contributed by atoms with E-state index in [1.165, 1.54) is 0 Å². The number of hydrogen-bond donors (Lipinski definition) is 3. The average molecular weight is 324 g/mol. The van der Waals surface area contributed by atoms with E-state index in [0.717, 1.165) is 41.2 Å². The molecule has 3 aromatic rings. The lowest BCUT2D eigenvalue weighted by atomic mass is 10.1. The molecule has 0 bridgehead atoms. The molecule has 1 aliphatic heterocycles. The first-order valence-electron chi connectivity index (χ1n) is 8.17. The molecule has 3 heterocycles. The third-order valence-corrected chi connectivity index (χ3v) is 4.54. The highest BCUT2D eigenvalue weighted by atomic mass is 16.2.